The minimum Gasteiger partial charge on any atom is -0.336 e. The summed E-state index contributed by atoms with van der Waals surface area (Å²) in [6, 6.07) is -2.51. The number of hydrogen-bond acceptors (Lipinski definition) is 10. The van der Waals surface area contributed by atoms with Crippen LogP contribution in [0, 0.1) is 18.6 Å². The van der Waals surface area contributed by atoms with Gasteiger partial charge in [0.05, 0.1) is 42.7 Å². The van der Waals surface area contributed by atoms with Gasteiger partial charge in [0.25, 0.3) is 11.1 Å². The topological polar surface area (TPSA) is 117 Å². The third-order valence-corrected chi connectivity index (χ3v) is 15.1. The summed E-state index contributed by atoms with van der Waals surface area (Å²) in [5.41, 5.74) is -14.8. The van der Waals surface area contributed by atoms with Crippen LogP contribution in [0.25, 0.3) is 22.3 Å². The Bertz CT molecular complexity index is 6080. The summed E-state index contributed by atoms with van der Waals surface area (Å²) >= 11 is 0.607. The van der Waals surface area contributed by atoms with E-state index in [-0.39, 0.29) is 68.4 Å². The van der Waals surface area contributed by atoms with Crippen LogP contribution in [-0.2, 0) is 85.0 Å². The van der Waals surface area contributed by atoms with Crippen molar-refractivity contribution in [1.29, 1.82) is 0 Å². The number of aromatic nitrogens is 4. The molecule has 0 bridgehead atoms. The van der Waals surface area contributed by atoms with Crippen molar-refractivity contribution >= 4 is 35.3 Å². The fraction of sp³-hybridized carbons (Fsp3) is 0.370. The maximum atomic E-state index is 15.5. The summed E-state index contributed by atoms with van der Waals surface area (Å²) in [4.78, 5) is 62.6. The minimum atomic E-state index is -5.34. The number of fused-ring (bicyclic) bond motifs is 2. The van der Waals surface area contributed by atoms with E-state index in [1.807, 2.05) is 0 Å². The fourth-order valence-corrected chi connectivity index (χ4v) is 10.3. The van der Waals surface area contributed by atoms with Crippen LogP contribution >= 0.6 is 23.5 Å². The quantitative estimate of drug-likeness (QED) is 0.0295. The molecule has 0 spiro atoms. The second-order valence-electron chi connectivity index (χ2n) is 19.3. The predicted octanol–water partition coefficient (Wildman–Crippen LogP) is 14.7. The van der Waals surface area contributed by atoms with Crippen molar-refractivity contribution < 1.29 is 101 Å². The Morgan fingerprint density at radius 2 is 1.04 bits per heavy atom. The van der Waals surface area contributed by atoms with E-state index >= 15 is 9.59 Å². The Morgan fingerprint density at radius 1 is 0.547 bits per heavy atom. The van der Waals surface area contributed by atoms with Gasteiger partial charge in [-0.05, 0) is 164 Å². The standard InChI is InChI=1S/C37H40F4N4O2S.C36H38F4N4O2S/c1-4-43(5-2)19-20-44(22-26-9-13-28(14-10-26)29-15-18-32(25(3)21-29)37(39,40)41)34(46)23-45-33-8-6-7-31(33)35(47)42-36(45)48-24-27-11-16-30(38)17-12-27;1-3-42(4-2)20-21-43(22-25-8-12-27(13-9-25)28-14-16-29(17-15-28)36(38,39)40)33(45)23-44-32-7-5-6-31(32)34(46)41-35(44)47-24-26-10-18-30(37)19-11-26/h9-18,21H,4-8,19-20,22-24H2,1-3H3;8-19H,3-7,20-24H2,1-2H3/i4D2,5D2,6D2,7D2,8D2,9D,10D,13D,14D,15D,18D,19D2,20D2,21D,22D2,23D2;3D2,4D2,10D,11D,18D,19D,20D2,21D2,22D2,23D2. The van der Waals surface area contributed by atoms with Crippen LogP contribution in [0.15, 0.2) is 159 Å². The van der Waals surface area contributed by atoms with Gasteiger partial charge in [0.2, 0.25) is 11.8 Å². The average Bonchev–Trinajstić information content (AvgIpc) is 1.40. The molecule has 0 aliphatic heterocycles. The largest absolute Gasteiger partial charge is 0.416 e. The Labute approximate surface area is 615 Å². The number of rotatable bonds is 26. The smallest absolute Gasteiger partial charge is 0.336 e. The van der Waals surface area contributed by atoms with Gasteiger partial charge in [-0.3, -0.25) is 19.2 Å². The van der Waals surface area contributed by atoms with Gasteiger partial charge in [-0.15, -0.1) is 0 Å². The molecule has 95 heavy (non-hydrogen) atoms. The number of likely N-dealkylation sites (N-methyl/N-ethyl adjacent to an activating group) is 2. The molecule has 0 fully saturated rings. The molecule has 0 saturated carbocycles. The SMILES string of the molecule is [2H]c1c([2H])c(C([2H])([2H])N(C(=O)C([2H])([2H])n2c(SCc3ccc(F)cc3)nc(=O)c3c2C([2H])([2H])C([2H])([2H])C3([2H])[2H])C([2H])([2H])C([2H])([2H])N(C([2H])([2H])C)C([2H])([2H])C)c([2H])c([2H])c1-c1c([2H])c([2H])c(C(F)(F)F)c(C)c1[2H].[2H]c1c([2H])c(CSc2nc(=O)c3c(n2C([2H])([2H])C(=O)N(C([2H])([2H])c2ccc(-c4ccc(C(F)(F)F)cc4)cc2)C([2H])([2H])C([2H])([2H])N(C([2H])([2H])C)C([2H])([2H])C)CCC3)c([2H])c([2H])c1F. The Kier molecular flexibility index (Phi) is 12.0. The van der Waals surface area contributed by atoms with Gasteiger partial charge >= 0.3 is 12.4 Å². The van der Waals surface area contributed by atoms with Crippen LogP contribution in [0.4, 0.5) is 35.1 Å². The number of alkyl halides is 6. The highest BCUT2D eigenvalue weighted by molar-refractivity contribution is 7.98. The second-order valence-corrected chi connectivity index (χ2v) is 21.2. The van der Waals surface area contributed by atoms with Gasteiger partial charge < -0.3 is 28.7 Å². The van der Waals surface area contributed by atoms with Crippen molar-refractivity contribution in [3.8, 4) is 22.3 Å². The lowest BCUT2D eigenvalue weighted by molar-refractivity contribution is -0.138. The highest BCUT2D eigenvalue weighted by atomic mass is 32.2. The highest BCUT2D eigenvalue weighted by Crippen LogP contribution is 2.36. The molecule has 0 unspecified atom stereocenters. The Balaban J connectivity index is 0.000000308. The molecule has 0 atom stereocenters. The van der Waals surface area contributed by atoms with E-state index in [0.717, 1.165) is 60.7 Å². The Hall–Kier alpha value is -7.92. The molecule has 6 aromatic carbocycles. The molecular formula is C73H78F8N8O4S2. The van der Waals surface area contributed by atoms with Crippen LogP contribution in [0.2, 0.25) is 0 Å². The highest BCUT2D eigenvalue weighted by Gasteiger charge is 2.33. The lowest BCUT2D eigenvalue weighted by Gasteiger charge is -2.28. The van der Waals surface area contributed by atoms with Crippen molar-refractivity contribution in [3.63, 3.8) is 0 Å². The van der Waals surface area contributed by atoms with E-state index in [4.69, 9.17) is 39.8 Å². The van der Waals surface area contributed by atoms with Crippen molar-refractivity contribution in [2.24, 2.45) is 0 Å². The third kappa shape index (κ3) is 19.0. The molecule has 0 saturated heterocycles. The summed E-state index contributed by atoms with van der Waals surface area (Å²) in [6.07, 6.45) is -21.5. The number of benzene rings is 6. The number of halogens is 8. The zero-order valence-electron chi connectivity index (χ0n) is 91.0. The van der Waals surface area contributed by atoms with Crippen molar-refractivity contribution in [1.82, 2.24) is 38.7 Å². The van der Waals surface area contributed by atoms with E-state index in [0.29, 0.717) is 50.9 Å². The molecule has 22 heteroatoms. The first-order valence-electron chi connectivity index (χ1n) is 48.1. The van der Waals surface area contributed by atoms with Gasteiger partial charge in [-0.1, -0.05) is 148 Å². The molecule has 10 rings (SSSR count). The second kappa shape index (κ2) is 32.7. The maximum Gasteiger partial charge on any atom is 0.416 e. The average molecular weight is 1390 g/mol. The van der Waals surface area contributed by atoms with Gasteiger partial charge in [-0.2, -0.15) is 36.3 Å². The van der Waals surface area contributed by atoms with Crippen LogP contribution in [0.5, 0.6) is 0 Å². The van der Waals surface area contributed by atoms with Crippen molar-refractivity contribution in [2.75, 3.05) is 52.0 Å². The van der Waals surface area contributed by atoms with E-state index in [9.17, 15) is 61.2 Å². The third-order valence-electron chi connectivity index (χ3n) is 13.1. The van der Waals surface area contributed by atoms with E-state index < -0.39 is 303 Å². The summed E-state index contributed by atoms with van der Waals surface area (Å²) in [7, 11) is 0. The molecule has 2 amide bonds. The number of thioether (sulfide) groups is 2. The lowest BCUT2D eigenvalue weighted by Crippen LogP contribution is -2.40. The van der Waals surface area contributed by atoms with E-state index in [2.05, 4.69) is 9.97 Å². The first-order valence-corrected chi connectivity index (χ1v) is 29.6. The van der Waals surface area contributed by atoms with Gasteiger partial charge in [0, 0.05) is 97.7 Å². The van der Waals surface area contributed by atoms with Crippen molar-refractivity contribution in [2.45, 2.75) is 133 Å². The molecule has 2 aliphatic carbocycles. The number of nitrogens with zero attached hydrogens (tertiary/aromatic N) is 8. The molecule has 502 valence electrons. The van der Waals surface area contributed by atoms with E-state index in [1.54, 1.807) is 0 Å². The van der Waals surface area contributed by atoms with Crippen LogP contribution in [0.1, 0.15) is 158 Å². The zero-order chi connectivity index (χ0) is 104. The van der Waals surface area contributed by atoms with Crippen LogP contribution < -0.4 is 11.1 Å². The summed E-state index contributed by atoms with van der Waals surface area (Å²) < 4.78 is 468. The van der Waals surface area contributed by atoms with Crippen molar-refractivity contribution in [3.05, 3.63) is 233 Å². The lowest BCUT2D eigenvalue weighted by atomic mass is 9.98. The predicted molar refractivity (Wildman–Crippen MR) is 358 cm³/mol. The maximum absolute atomic E-state index is 15.5. The van der Waals surface area contributed by atoms with Crippen LogP contribution in [-0.4, -0.2) is 102 Å². The van der Waals surface area contributed by atoms with Gasteiger partial charge in [0.1, 0.15) is 24.6 Å². The summed E-state index contributed by atoms with van der Waals surface area (Å²) in [6.45, 7) is -44.3. The number of amides is 2. The van der Waals surface area contributed by atoms with Crippen LogP contribution in [0.3, 0.4) is 0 Å². The molecule has 12 nitrogen and oxygen atoms in total. The molecule has 2 aromatic heterocycles. The van der Waals surface area contributed by atoms with E-state index in [1.165, 1.54) is 12.1 Å². The van der Waals surface area contributed by atoms with Gasteiger partial charge in [-0.25, -0.2) is 8.78 Å². The monoisotopic (exact) mass is 1390 g/mol. The first kappa shape index (κ1) is 34.8. The molecule has 2 aliphatic rings. The normalized spacial score (nSPS) is 22.5. The van der Waals surface area contributed by atoms with Gasteiger partial charge in [0.15, 0.2) is 10.3 Å². The molecule has 0 N–H and O–H groups in total. The minimum absolute atomic E-state index is 0.0117. The Morgan fingerprint density at radius 3 is 1.59 bits per heavy atom. The summed E-state index contributed by atoms with van der Waals surface area (Å²) in [5, 5.41) is -1.86. The number of carbonyl (C=O) groups excluding carboxylic acids is 2. The molecule has 8 aromatic rings. The molecule has 2 heterocycles. The summed E-state index contributed by atoms with van der Waals surface area (Å²) in [5.74, 6) is -8.44. The number of hydrogen-bond donors (Lipinski definition) is 0. The fourth-order valence-electron chi connectivity index (χ4n) is 8.51. The zero-order valence-corrected chi connectivity index (χ0v) is 51.6. The first-order chi connectivity index (χ1) is 61.1. The molecular weight excluding hydrogens is 1270 g/mol. The number of carbonyl (C=O) groups is 2. The molecule has 0 radical (unpaired) electrons.